The van der Waals surface area contributed by atoms with Crippen LogP contribution in [0.25, 0.3) is 0 Å². The highest BCUT2D eigenvalue weighted by Crippen LogP contribution is 2.41. The fourth-order valence-electron chi connectivity index (χ4n) is 6.84. The van der Waals surface area contributed by atoms with Crippen molar-refractivity contribution in [2.24, 2.45) is 0 Å². The molecule has 0 atom stereocenters. The maximum Gasteiger partial charge on any atom is 0.146 e. The SMILES string of the molecule is CC(C)[Si](C#Cc1cc2ccc1CCc1ccc(c(C#Cc3ccc(C#Cc4ccccc4)cc3)c1)CC2)(C(C)C)C(C)C. The zero-order valence-electron chi connectivity index (χ0n) is 27.2. The Balaban J connectivity index is 1.38. The predicted octanol–water partition coefficient (Wildman–Crippen LogP) is 9.94. The van der Waals surface area contributed by atoms with Gasteiger partial charge in [0.15, 0.2) is 0 Å². The van der Waals surface area contributed by atoms with Crippen molar-refractivity contribution in [3.8, 4) is 35.1 Å². The first-order chi connectivity index (χ1) is 21.2. The summed E-state index contributed by atoms with van der Waals surface area (Å²) in [6.45, 7) is 14.4. The summed E-state index contributed by atoms with van der Waals surface area (Å²) in [5.41, 5.74) is 16.7. The van der Waals surface area contributed by atoms with Gasteiger partial charge in [0.05, 0.1) is 0 Å². The van der Waals surface area contributed by atoms with Gasteiger partial charge in [-0.2, -0.15) is 0 Å². The molecular weight excluding hydrogens is 545 g/mol. The van der Waals surface area contributed by atoms with Crippen molar-refractivity contribution in [1.82, 2.24) is 0 Å². The fourth-order valence-corrected chi connectivity index (χ4v) is 12.1. The van der Waals surface area contributed by atoms with Crippen LogP contribution in [-0.4, -0.2) is 8.07 Å². The number of hydrogen-bond acceptors (Lipinski definition) is 0. The first kappa shape index (κ1) is 31.2. The van der Waals surface area contributed by atoms with Crippen molar-refractivity contribution in [2.75, 3.05) is 0 Å². The van der Waals surface area contributed by atoms with Crippen LogP contribution < -0.4 is 0 Å². The average molecular weight is 589 g/mol. The molecule has 0 radical (unpaired) electrons. The molecule has 0 heterocycles. The molecule has 0 N–H and O–H groups in total. The van der Waals surface area contributed by atoms with Gasteiger partial charge < -0.3 is 0 Å². The van der Waals surface area contributed by atoms with E-state index in [1.54, 1.807) is 0 Å². The molecule has 0 saturated carbocycles. The summed E-state index contributed by atoms with van der Waals surface area (Å²) in [7, 11) is -1.79. The van der Waals surface area contributed by atoms with Crippen LogP contribution in [0.3, 0.4) is 0 Å². The van der Waals surface area contributed by atoms with Crippen LogP contribution in [0.5, 0.6) is 0 Å². The molecule has 0 amide bonds. The smallest absolute Gasteiger partial charge is 0.125 e. The first-order valence-electron chi connectivity index (χ1n) is 16.2. The molecule has 0 fully saturated rings. The Kier molecular flexibility index (Phi) is 9.96. The Morgan fingerprint density at radius 1 is 0.455 bits per heavy atom. The van der Waals surface area contributed by atoms with Crippen molar-refractivity contribution in [2.45, 2.75) is 83.8 Å². The van der Waals surface area contributed by atoms with Crippen LogP contribution >= 0.6 is 0 Å². The van der Waals surface area contributed by atoms with Crippen molar-refractivity contribution in [1.29, 1.82) is 0 Å². The number of benzene rings is 4. The van der Waals surface area contributed by atoms with E-state index in [0.29, 0.717) is 16.6 Å². The molecule has 0 unspecified atom stereocenters. The zero-order chi connectivity index (χ0) is 31.1. The summed E-state index contributed by atoms with van der Waals surface area (Å²) in [6, 6.07) is 32.3. The van der Waals surface area contributed by atoms with Gasteiger partial charge in [0.1, 0.15) is 8.07 Å². The summed E-state index contributed by atoms with van der Waals surface area (Å²) < 4.78 is 0. The van der Waals surface area contributed by atoms with Crippen molar-refractivity contribution in [3.63, 3.8) is 0 Å². The maximum absolute atomic E-state index is 3.98. The van der Waals surface area contributed by atoms with Gasteiger partial charge in [-0.05, 0) is 113 Å². The number of rotatable bonds is 3. The van der Waals surface area contributed by atoms with E-state index < -0.39 is 8.07 Å². The summed E-state index contributed by atoms with van der Waals surface area (Å²) in [5.74, 6) is 17.2. The van der Waals surface area contributed by atoms with Gasteiger partial charge in [0, 0.05) is 27.8 Å². The molecule has 4 aromatic carbocycles. The molecular formula is C43H44Si. The van der Waals surface area contributed by atoms with Gasteiger partial charge in [-0.25, -0.2) is 0 Å². The standard InChI is InChI=1S/C43H44Si/c1-32(2)44(33(3)4,34(5)6)29-28-43-31-39-20-24-40-23-19-38(21-25-41(43)26-22-39)30-42(40)27-18-37-16-14-36(15-17-37)13-12-35-10-8-7-9-11-35/h7-11,14-17,19,22-23,26,30-34H,20-21,24-25H2,1-6H3. The van der Waals surface area contributed by atoms with Gasteiger partial charge >= 0.3 is 0 Å². The molecule has 4 aromatic rings. The van der Waals surface area contributed by atoms with Gasteiger partial charge in [-0.1, -0.05) is 114 Å². The molecule has 0 spiro atoms. The quantitative estimate of drug-likeness (QED) is 0.165. The molecule has 4 aliphatic rings. The van der Waals surface area contributed by atoms with E-state index in [4.69, 9.17) is 0 Å². The third-order valence-electron chi connectivity index (χ3n) is 9.35. The largest absolute Gasteiger partial charge is 0.146 e. The summed E-state index contributed by atoms with van der Waals surface area (Å²) >= 11 is 0. The molecule has 44 heavy (non-hydrogen) atoms. The first-order valence-corrected chi connectivity index (χ1v) is 18.4. The molecule has 4 bridgehead atoms. The molecule has 220 valence electrons. The monoisotopic (exact) mass is 588 g/mol. The predicted molar refractivity (Wildman–Crippen MR) is 190 cm³/mol. The summed E-state index contributed by atoms with van der Waals surface area (Å²) in [4.78, 5) is 0. The minimum absolute atomic E-state index is 0.635. The Morgan fingerprint density at radius 3 is 1.36 bits per heavy atom. The number of aryl methyl sites for hydroxylation is 4. The highest BCUT2D eigenvalue weighted by Gasteiger charge is 2.41. The second-order valence-corrected chi connectivity index (χ2v) is 18.7. The van der Waals surface area contributed by atoms with E-state index in [-0.39, 0.29) is 0 Å². The van der Waals surface area contributed by atoms with Gasteiger partial charge in [0.25, 0.3) is 0 Å². The third-order valence-corrected chi connectivity index (χ3v) is 15.6. The van der Waals surface area contributed by atoms with E-state index in [9.17, 15) is 0 Å². The Morgan fingerprint density at radius 2 is 0.886 bits per heavy atom. The van der Waals surface area contributed by atoms with Crippen LogP contribution in [0, 0.1) is 35.1 Å². The molecule has 0 aromatic heterocycles. The van der Waals surface area contributed by atoms with E-state index in [1.165, 1.54) is 27.8 Å². The Labute approximate surface area is 267 Å². The summed E-state index contributed by atoms with van der Waals surface area (Å²) in [5, 5.41) is 0. The highest BCUT2D eigenvalue weighted by atomic mass is 28.3. The van der Waals surface area contributed by atoms with Crippen LogP contribution in [0.2, 0.25) is 16.6 Å². The Bertz CT molecular complexity index is 1760. The van der Waals surface area contributed by atoms with Gasteiger partial charge in [-0.15, -0.1) is 5.54 Å². The third kappa shape index (κ3) is 7.28. The van der Waals surface area contributed by atoms with Gasteiger partial charge in [0.2, 0.25) is 0 Å². The highest BCUT2D eigenvalue weighted by molar-refractivity contribution is 6.90. The lowest BCUT2D eigenvalue weighted by Gasteiger charge is -2.38. The average Bonchev–Trinajstić information content (AvgIpc) is 3.01. The van der Waals surface area contributed by atoms with Crippen molar-refractivity contribution < 1.29 is 0 Å². The van der Waals surface area contributed by atoms with E-state index in [0.717, 1.165) is 47.9 Å². The summed E-state index contributed by atoms with van der Waals surface area (Å²) in [6.07, 6.45) is 3.92. The number of hydrogen-bond donors (Lipinski definition) is 0. The zero-order valence-corrected chi connectivity index (χ0v) is 28.2. The van der Waals surface area contributed by atoms with E-state index >= 15 is 0 Å². The molecule has 0 aliphatic heterocycles. The lowest BCUT2D eigenvalue weighted by atomic mass is 9.91. The normalized spacial score (nSPS) is 12.5. The lowest BCUT2D eigenvalue weighted by molar-refractivity contribution is 0.838. The lowest BCUT2D eigenvalue weighted by Crippen LogP contribution is -2.43. The van der Waals surface area contributed by atoms with Crippen LogP contribution in [0.15, 0.2) is 91.0 Å². The second-order valence-electron chi connectivity index (χ2n) is 13.1. The minimum Gasteiger partial charge on any atom is -0.125 e. The molecule has 4 aliphatic carbocycles. The minimum atomic E-state index is -1.79. The van der Waals surface area contributed by atoms with Crippen LogP contribution in [-0.2, 0) is 25.7 Å². The topological polar surface area (TPSA) is 0 Å². The van der Waals surface area contributed by atoms with Crippen molar-refractivity contribution in [3.05, 3.63) is 141 Å². The molecule has 0 nitrogen and oxygen atoms in total. The Hall–Kier alpha value is -4.22. The van der Waals surface area contributed by atoms with Crippen LogP contribution in [0.1, 0.15) is 91.6 Å². The second kappa shape index (κ2) is 14.0. The van der Waals surface area contributed by atoms with Crippen LogP contribution in [0.4, 0.5) is 0 Å². The molecule has 0 saturated heterocycles. The fraction of sp³-hybridized carbons (Fsp3) is 0.302. The molecule has 8 rings (SSSR count). The van der Waals surface area contributed by atoms with Crippen molar-refractivity contribution >= 4 is 8.07 Å². The van der Waals surface area contributed by atoms with E-state index in [1.807, 2.05) is 30.3 Å². The molecule has 1 heteroatoms. The van der Waals surface area contributed by atoms with E-state index in [2.05, 4.69) is 137 Å². The van der Waals surface area contributed by atoms with Gasteiger partial charge in [-0.3, -0.25) is 0 Å². The maximum atomic E-state index is 3.98.